The fourth-order valence-corrected chi connectivity index (χ4v) is 3.82. The van der Waals surface area contributed by atoms with E-state index in [4.69, 9.17) is 0 Å². The number of piperazine rings is 1. The van der Waals surface area contributed by atoms with Crippen LogP contribution in [0.4, 0.5) is 5.82 Å². The Morgan fingerprint density at radius 3 is 2.50 bits per heavy atom. The van der Waals surface area contributed by atoms with E-state index >= 15 is 0 Å². The molecule has 2 aromatic carbocycles. The van der Waals surface area contributed by atoms with Crippen molar-refractivity contribution in [2.75, 3.05) is 31.1 Å². The number of anilines is 1. The maximum Gasteiger partial charge on any atom is 0.140 e. The zero-order chi connectivity index (χ0) is 17.9. The number of halogens is 1. The molecule has 0 spiro atoms. The lowest BCUT2D eigenvalue weighted by molar-refractivity contribution is 0.222. The lowest BCUT2D eigenvalue weighted by atomic mass is 10.1. The van der Waals surface area contributed by atoms with Crippen molar-refractivity contribution in [3.05, 3.63) is 64.9 Å². The summed E-state index contributed by atoms with van der Waals surface area (Å²) in [4.78, 5) is 13.4. The molecule has 1 aliphatic rings. The predicted octanol–water partition coefficient (Wildman–Crippen LogP) is 3.78. The molecule has 0 saturated carbocycles. The summed E-state index contributed by atoms with van der Waals surface area (Å²) >= 11 is 3.54. The summed E-state index contributed by atoms with van der Waals surface area (Å²) in [7, 11) is 0. The average Bonchev–Trinajstić information content (AvgIpc) is 2.69. The molecule has 3 aromatic rings. The van der Waals surface area contributed by atoms with Crippen LogP contribution in [-0.2, 0) is 0 Å². The summed E-state index contributed by atoms with van der Waals surface area (Å²) < 4.78 is 1.02. The molecule has 6 heteroatoms. The van der Waals surface area contributed by atoms with Crippen molar-refractivity contribution in [3.8, 4) is 6.07 Å². The van der Waals surface area contributed by atoms with Crippen molar-refractivity contribution >= 4 is 32.7 Å². The normalized spacial score (nSPS) is 16.4. The van der Waals surface area contributed by atoms with Crippen LogP contribution in [0.25, 0.3) is 10.9 Å². The second-order valence-electron chi connectivity index (χ2n) is 6.32. The summed E-state index contributed by atoms with van der Waals surface area (Å²) in [6.07, 6.45) is 1.62. The number of nitrogens with zero attached hydrogens (tertiary/aromatic N) is 5. The topological polar surface area (TPSA) is 56.1 Å². The molecule has 0 unspecified atom stereocenters. The molecule has 1 atom stereocenters. The molecule has 26 heavy (non-hydrogen) atoms. The SMILES string of the molecule is N#C[C@H](c1ccccc1)N1CCN(c2ncnc3ccc(Br)cc23)CC1. The first-order chi connectivity index (χ1) is 12.8. The van der Waals surface area contributed by atoms with E-state index in [1.165, 1.54) is 0 Å². The Labute approximate surface area is 161 Å². The van der Waals surface area contributed by atoms with Crippen molar-refractivity contribution in [2.24, 2.45) is 0 Å². The minimum Gasteiger partial charge on any atom is -0.353 e. The minimum absolute atomic E-state index is 0.199. The van der Waals surface area contributed by atoms with Crippen LogP contribution in [0.2, 0.25) is 0 Å². The Hall–Kier alpha value is -2.49. The van der Waals surface area contributed by atoms with E-state index in [0.29, 0.717) is 0 Å². The van der Waals surface area contributed by atoms with Gasteiger partial charge >= 0.3 is 0 Å². The van der Waals surface area contributed by atoms with Gasteiger partial charge in [0.05, 0.1) is 11.6 Å². The third-order valence-corrected chi connectivity index (χ3v) is 5.29. The molecule has 1 aromatic heterocycles. The Balaban J connectivity index is 1.54. The Bertz CT molecular complexity index is 945. The zero-order valence-electron chi connectivity index (χ0n) is 14.2. The molecule has 0 radical (unpaired) electrons. The van der Waals surface area contributed by atoms with Gasteiger partial charge in [-0.05, 0) is 23.8 Å². The molecule has 1 aliphatic heterocycles. The summed E-state index contributed by atoms with van der Waals surface area (Å²) in [5.41, 5.74) is 2.00. The van der Waals surface area contributed by atoms with Gasteiger partial charge in [-0.3, -0.25) is 4.90 Å². The van der Waals surface area contributed by atoms with Crippen molar-refractivity contribution < 1.29 is 0 Å². The van der Waals surface area contributed by atoms with Crippen LogP contribution < -0.4 is 4.90 Å². The number of hydrogen-bond donors (Lipinski definition) is 0. The van der Waals surface area contributed by atoms with Crippen molar-refractivity contribution in [1.29, 1.82) is 5.26 Å². The average molecular weight is 408 g/mol. The van der Waals surface area contributed by atoms with Gasteiger partial charge in [-0.15, -0.1) is 0 Å². The molecule has 5 nitrogen and oxygen atoms in total. The van der Waals surface area contributed by atoms with E-state index in [1.54, 1.807) is 6.33 Å². The largest absolute Gasteiger partial charge is 0.353 e. The van der Waals surface area contributed by atoms with Crippen molar-refractivity contribution in [3.63, 3.8) is 0 Å². The first-order valence-electron chi connectivity index (χ1n) is 8.60. The van der Waals surface area contributed by atoms with Crippen LogP contribution in [-0.4, -0.2) is 41.0 Å². The van der Waals surface area contributed by atoms with Gasteiger partial charge in [-0.2, -0.15) is 5.26 Å². The third-order valence-electron chi connectivity index (χ3n) is 4.79. The molecular formula is C20H18BrN5. The number of fused-ring (bicyclic) bond motifs is 1. The van der Waals surface area contributed by atoms with Gasteiger partial charge in [0.25, 0.3) is 0 Å². The molecule has 0 bridgehead atoms. The van der Waals surface area contributed by atoms with Crippen LogP contribution in [0.3, 0.4) is 0 Å². The molecule has 130 valence electrons. The third kappa shape index (κ3) is 3.28. The van der Waals surface area contributed by atoms with Crippen LogP contribution in [0.15, 0.2) is 59.3 Å². The van der Waals surface area contributed by atoms with E-state index < -0.39 is 0 Å². The molecule has 4 rings (SSSR count). The number of aromatic nitrogens is 2. The van der Waals surface area contributed by atoms with E-state index in [-0.39, 0.29) is 6.04 Å². The summed E-state index contributed by atoms with van der Waals surface area (Å²) in [5.74, 6) is 0.962. The van der Waals surface area contributed by atoms with Gasteiger partial charge in [-0.25, -0.2) is 9.97 Å². The molecule has 1 fully saturated rings. The summed E-state index contributed by atoms with van der Waals surface area (Å²) in [6, 6.07) is 18.3. The second kappa shape index (κ2) is 7.40. The highest BCUT2D eigenvalue weighted by molar-refractivity contribution is 9.10. The fourth-order valence-electron chi connectivity index (χ4n) is 3.46. The number of benzene rings is 2. The van der Waals surface area contributed by atoms with E-state index in [2.05, 4.69) is 47.8 Å². The van der Waals surface area contributed by atoms with Crippen LogP contribution in [0.1, 0.15) is 11.6 Å². The van der Waals surface area contributed by atoms with Crippen molar-refractivity contribution in [1.82, 2.24) is 14.9 Å². The lowest BCUT2D eigenvalue weighted by Gasteiger charge is -2.37. The molecule has 0 amide bonds. The molecule has 0 aliphatic carbocycles. The van der Waals surface area contributed by atoms with E-state index in [0.717, 1.165) is 52.9 Å². The number of nitriles is 1. The first kappa shape index (κ1) is 17.0. The first-order valence-corrected chi connectivity index (χ1v) is 9.39. The van der Waals surface area contributed by atoms with Crippen LogP contribution >= 0.6 is 15.9 Å². The maximum atomic E-state index is 9.66. The van der Waals surface area contributed by atoms with Gasteiger partial charge in [0.1, 0.15) is 18.2 Å². The zero-order valence-corrected chi connectivity index (χ0v) is 15.8. The predicted molar refractivity (Wildman–Crippen MR) is 106 cm³/mol. The van der Waals surface area contributed by atoms with E-state index in [1.807, 2.05) is 42.5 Å². The smallest absolute Gasteiger partial charge is 0.140 e. The Morgan fingerprint density at radius 1 is 1.00 bits per heavy atom. The highest BCUT2D eigenvalue weighted by Crippen LogP contribution is 2.28. The van der Waals surface area contributed by atoms with Gasteiger partial charge in [-0.1, -0.05) is 46.3 Å². The molecular weight excluding hydrogens is 390 g/mol. The van der Waals surface area contributed by atoms with Crippen LogP contribution in [0, 0.1) is 11.3 Å². The maximum absolute atomic E-state index is 9.66. The second-order valence-corrected chi connectivity index (χ2v) is 7.24. The van der Waals surface area contributed by atoms with Crippen LogP contribution in [0.5, 0.6) is 0 Å². The quantitative estimate of drug-likeness (QED) is 0.660. The highest BCUT2D eigenvalue weighted by Gasteiger charge is 2.26. The molecule has 1 saturated heterocycles. The highest BCUT2D eigenvalue weighted by atomic mass is 79.9. The van der Waals surface area contributed by atoms with Crippen molar-refractivity contribution in [2.45, 2.75) is 6.04 Å². The molecule has 0 N–H and O–H groups in total. The standard InChI is InChI=1S/C20H18BrN5/c21-16-6-7-18-17(12-16)20(24-14-23-18)26-10-8-25(9-11-26)19(13-22)15-4-2-1-3-5-15/h1-7,12,14,19H,8-11H2/t19-/m1/s1. The number of hydrogen-bond acceptors (Lipinski definition) is 5. The summed E-state index contributed by atoms with van der Waals surface area (Å²) in [6.45, 7) is 3.33. The fraction of sp³-hybridized carbons (Fsp3) is 0.250. The summed E-state index contributed by atoms with van der Waals surface area (Å²) in [5, 5.41) is 10.7. The Morgan fingerprint density at radius 2 is 1.77 bits per heavy atom. The lowest BCUT2D eigenvalue weighted by Crippen LogP contribution is -2.47. The van der Waals surface area contributed by atoms with Gasteiger partial charge < -0.3 is 4.90 Å². The minimum atomic E-state index is -0.199. The molecule has 2 heterocycles. The number of rotatable bonds is 3. The monoisotopic (exact) mass is 407 g/mol. The Kier molecular flexibility index (Phi) is 4.83. The van der Waals surface area contributed by atoms with E-state index in [9.17, 15) is 5.26 Å². The van der Waals surface area contributed by atoms with Gasteiger partial charge in [0.2, 0.25) is 0 Å². The van der Waals surface area contributed by atoms with Gasteiger partial charge in [0.15, 0.2) is 0 Å². The van der Waals surface area contributed by atoms with Gasteiger partial charge in [0, 0.05) is 36.0 Å².